The van der Waals surface area contributed by atoms with Crippen molar-refractivity contribution >= 4 is 6.03 Å². The fourth-order valence-corrected chi connectivity index (χ4v) is 2.16. The lowest BCUT2D eigenvalue weighted by atomic mass is 10.2. The highest BCUT2D eigenvalue weighted by Gasteiger charge is 2.17. The van der Waals surface area contributed by atoms with Gasteiger partial charge in [0, 0.05) is 18.7 Å². The molecule has 6 nitrogen and oxygen atoms in total. The minimum absolute atomic E-state index is 0.113. The van der Waals surface area contributed by atoms with E-state index in [0.29, 0.717) is 38.0 Å². The second-order valence-corrected chi connectivity index (χ2v) is 4.74. The number of oxazole rings is 1. The lowest BCUT2D eigenvalue weighted by molar-refractivity contribution is 0.0530. The van der Waals surface area contributed by atoms with Crippen molar-refractivity contribution in [3.8, 4) is 11.3 Å². The molecule has 0 bridgehead atoms. The van der Waals surface area contributed by atoms with Crippen LogP contribution in [-0.2, 0) is 11.3 Å². The molecule has 1 N–H and O–H groups in total. The van der Waals surface area contributed by atoms with Gasteiger partial charge in [-0.2, -0.15) is 0 Å². The van der Waals surface area contributed by atoms with Crippen molar-refractivity contribution in [2.45, 2.75) is 6.54 Å². The second-order valence-electron chi connectivity index (χ2n) is 4.74. The molecule has 1 aromatic heterocycles. The summed E-state index contributed by atoms with van der Waals surface area (Å²) in [6.45, 7) is 2.69. The zero-order chi connectivity index (χ0) is 14.5. The van der Waals surface area contributed by atoms with Gasteiger partial charge in [-0.05, 0) is 0 Å². The van der Waals surface area contributed by atoms with Gasteiger partial charge < -0.3 is 19.4 Å². The number of aromatic nitrogens is 1. The van der Waals surface area contributed by atoms with Gasteiger partial charge >= 0.3 is 6.03 Å². The average Bonchev–Trinajstić information content (AvgIpc) is 3.03. The van der Waals surface area contributed by atoms with Crippen molar-refractivity contribution < 1.29 is 13.9 Å². The van der Waals surface area contributed by atoms with Crippen molar-refractivity contribution in [2.24, 2.45) is 0 Å². The molecule has 0 aliphatic carbocycles. The van der Waals surface area contributed by atoms with Crippen LogP contribution < -0.4 is 5.32 Å². The van der Waals surface area contributed by atoms with Crippen molar-refractivity contribution in [3.05, 3.63) is 42.4 Å². The van der Waals surface area contributed by atoms with Gasteiger partial charge in [0.1, 0.15) is 0 Å². The molecule has 1 fully saturated rings. The van der Waals surface area contributed by atoms with Crippen LogP contribution in [0.3, 0.4) is 0 Å². The molecule has 6 heteroatoms. The molecule has 0 spiro atoms. The number of nitrogens with zero attached hydrogens (tertiary/aromatic N) is 2. The monoisotopic (exact) mass is 287 g/mol. The summed E-state index contributed by atoms with van der Waals surface area (Å²) in [6, 6.07) is 9.63. The van der Waals surface area contributed by atoms with Crippen LogP contribution >= 0.6 is 0 Å². The third-order valence-corrected chi connectivity index (χ3v) is 3.30. The molecule has 110 valence electrons. The number of hydrogen-bond acceptors (Lipinski definition) is 4. The predicted octanol–water partition coefficient (Wildman–Crippen LogP) is 1.88. The van der Waals surface area contributed by atoms with Crippen LogP contribution in [0.4, 0.5) is 4.79 Å². The van der Waals surface area contributed by atoms with Crippen molar-refractivity contribution in [3.63, 3.8) is 0 Å². The summed E-state index contributed by atoms with van der Waals surface area (Å²) in [5.41, 5.74) is 0.968. The van der Waals surface area contributed by atoms with E-state index in [1.807, 2.05) is 30.3 Å². The van der Waals surface area contributed by atoms with Gasteiger partial charge in [-0.15, -0.1) is 0 Å². The molecular weight excluding hydrogens is 270 g/mol. The van der Waals surface area contributed by atoms with E-state index in [0.717, 1.165) is 5.56 Å². The van der Waals surface area contributed by atoms with Gasteiger partial charge in [-0.1, -0.05) is 30.3 Å². The Bertz CT molecular complexity index is 591. The van der Waals surface area contributed by atoms with E-state index in [2.05, 4.69) is 10.3 Å². The fourth-order valence-electron chi connectivity index (χ4n) is 2.16. The third kappa shape index (κ3) is 3.41. The minimum atomic E-state index is -0.113. The Morgan fingerprint density at radius 2 is 2.00 bits per heavy atom. The number of urea groups is 1. The summed E-state index contributed by atoms with van der Waals surface area (Å²) in [5, 5.41) is 2.81. The van der Waals surface area contributed by atoms with Crippen LogP contribution in [0.5, 0.6) is 0 Å². The van der Waals surface area contributed by atoms with E-state index in [-0.39, 0.29) is 12.6 Å². The van der Waals surface area contributed by atoms with E-state index in [1.54, 1.807) is 11.1 Å². The molecule has 0 atom stereocenters. The Hall–Kier alpha value is -2.34. The Morgan fingerprint density at radius 3 is 2.76 bits per heavy atom. The Morgan fingerprint density at radius 1 is 1.24 bits per heavy atom. The topological polar surface area (TPSA) is 67.6 Å². The van der Waals surface area contributed by atoms with Crippen LogP contribution in [0.2, 0.25) is 0 Å². The van der Waals surface area contributed by atoms with Crippen LogP contribution in [0.1, 0.15) is 5.89 Å². The molecule has 2 amide bonds. The molecule has 1 saturated heterocycles. The van der Waals surface area contributed by atoms with Gasteiger partial charge in [0.05, 0.1) is 26.0 Å². The fraction of sp³-hybridized carbons (Fsp3) is 0.333. The average molecular weight is 287 g/mol. The number of amides is 2. The highest BCUT2D eigenvalue weighted by atomic mass is 16.5. The van der Waals surface area contributed by atoms with Crippen LogP contribution in [-0.4, -0.2) is 42.2 Å². The number of hydrogen-bond donors (Lipinski definition) is 1. The number of carbonyl (C=O) groups is 1. The molecule has 3 rings (SSSR count). The Labute approximate surface area is 122 Å². The molecule has 0 saturated carbocycles. The summed E-state index contributed by atoms with van der Waals surface area (Å²) >= 11 is 0. The Kier molecular flexibility index (Phi) is 4.16. The largest absolute Gasteiger partial charge is 0.439 e. The van der Waals surface area contributed by atoms with E-state index < -0.39 is 0 Å². The number of rotatable bonds is 3. The van der Waals surface area contributed by atoms with Gasteiger partial charge in [-0.3, -0.25) is 0 Å². The van der Waals surface area contributed by atoms with E-state index >= 15 is 0 Å². The lowest BCUT2D eigenvalue weighted by Crippen LogP contribution is -2.45. The number of ether oxygens (including phenoxy) is 1. The molecule has 1 aliphatic heterocycles. The van der Waals surface area contributed by atoms with Crippen molar-refractivity contribution in [2.75, 3.05) is 26.3 Å². The van der Waals surface area contributed by atoms with Gasteiger partial charge in [0.25, 0.3) is 0 Å². The smallest absolute Gasteiger partial charge is 0.317 e. The summed E-state index contributed by atoms with van der Waals surface area (Å²) in [5.74, 6) is 1.20. The molecule has 0 unspecified atom stereocenters. The standard InChI is InChI=1S/C15H17N3O3/c19-15(18-6-8-20-9-7-18)17-11-14-16-10-13(21-14)12-4-2-1-3-5-12/h1-5,10H,6-9,11H2,(H,17,19). The van der Waals surface area contributed by atoms with Crippen molar-refractivity contribution in [1.29, 1.82) is 0 Å². The number of morpholine rings is 1. The van der Waals surface area contributed by atoms with Crippen molar-refractivity contribution in [1.82, 2.24) is 15.2 Å². The van der Waals surface area contributed by atoms with Gasteiger partial charge in [0.15, 0.2) is 5.76 Å². The molecular formula is C15H17N3O3. The SMILES string of the molecule is O=C(NCc1ncc(-c2ccccc2)o1)N1CCOCC1. The minimum Gasteiger partial charge on any atom is -0.439 e. The van der Waals surface area contributed by atoms with Gasteiger partial charge in [-0.25, -0.2) is 9.78 Å². The first-order valence-electron chi connectivity index (χ1n) is 6.93. The first kappa shape index (κ1) is 13.6. The molecule has 1 aliphatic rings. The predicted molar refractivity (Wildman–Crippen MR) is 76.6 cm³/mol. The van der Waals surface area contributed by atoms with E-state index in [9.17, 15) is 4.79 Å². The first-order chi connectivity index (χ1) is 10.3. The summed E-state index contributed by atoms with van der Waals surface area (Å²) < 4.78 is 10.9. The van der Waals surface area contributed by atoms with Crippen LogP contribution in [0, 0.1) is 0 Å². The normalized spacial score (nSPS) is 15.0. The molecule has 0 radical (unpaired) electrons. The van der Waals surface area contributed by atoms with Crippen LogP contribution in [0.25, 0.3) is 11.3 Å². The Balaban J connectivity index is 1.56. The first-order valence-corrected chi connectivity index (χ1v) is 6.93. The summed E-state index contributed by atoms with van der Waals surface area (Å²) in [6.07, 6.45) is 1.67. The second kappa shape index (κ2) is 6.41. The summed E-state index contributed by atoms with van der Waals surface area (Å²) in [4.78, 5) is 17.8. The number of nitrogens with one attached hydrogen (secondary N) is 1. The zero-order valence-electron chi connectivity index (χ0n) is 11.6. The summed E-state index contributed by atoms with van der Waals surface area (Å²) in [7, 11) is 0. The zero-order valence-corrected chi connectivity index (χ0v) is 11.6. The number of carbonyl (C=O) groups excluding carboxylic acids is 1. The van der Waals surface area contributed by atoms with E-state index in [4.69, 9.17) is 9.15 Å². The maximum absolute atomic E-state index is 11.9. The molecule has 1 aromatic carbocycles. The van der Waals surface area contributed by atoms with Gasteiger partial charge in [0.2, 0.25) is 5.89 Å². The quantitative estimate of drug-likeness (QED) is 0.936. The maximum atomic E-state index is 11.9. The van der Waals surface area contributed by atoms with Crippen LogP contribution in [0.15, 0.2) is 40.9 Å². The van der Waals surface area contributed by atoms with E-state index in [1.165, 1.54) is 0 Å². The lowest BCUT2D eigenvalue weighted by Gasteiger charge is -2.26. The highest BCUT2D eigenvalue weighted by molar-refractivity contribution is 5.74. The molecule has 2 aromatic rings. The third-order valence-electron chi connectivity index (χ3n) is 3.30. The number of benzene rings is 1. The maximum Gasteiger partial charge on any atom is 0.317 e. The molecule has 2 heterocycles. The highest BCUT2D eigenvalue weighted by Crippen LogP contribution is 2.19. The molecule has 21 heavy (non-hydrogen) atoms.